The highest BCUT2D eigenvalue weighted by Gasteiger charge is 2.21. The van der Waals surface area contributed by atoms with Crippen LogP contribution in [-0.4, -0.2) is 59.4 Å². The molecule has 0 saturated carbocycles. The van der Waals surface area contributed by atoms with E-state index >= 15 is 0 Å². The summed E-state index contributed by atoms with van der Waals surface area (Å²) in [7, 11) is 2.14. The SMILES string of the molecule is CN1CCN(c2nc(-c3[nH]c4ccccc4c3C=O)nc3ccccc23)CC1. The number of aromatic nitrogens is 3. The minimum atomic E-state index is 0.561. The average Bonchev–Trinajstić information content (AvgIpc) is 3.12. The second-order valence-electron chi connectivity index (χ2n) is 7.26. The van der Waals surface area contributed by atoms with Crippen molar-refractivity contribution in [2.24, 2.45) is 0 Å². The molecule has 4 aromatic rings. The maximum Gasteiger partial charge on any atom is 0.179 e. The number of aromatic amines is 1. The van der Waals surface area contributed by atoms with Gasteiger partial charge in [-0.3, -0.25) is 4.79 Å². The summed E-state index contributed by atoms with van der Waals surface area (Å²) in [4.78, 5) is 29.6. The van der Waals surface area contributed by atoms with Crippen LogP contribution < -0.4 is 4.90 Å². The van der Waals surface area contributed by atoms with Gasteiger partial charge in [0.05, 0.1) is 16.8 Å². The van der Waals surface area contributed by atoms with Crippen LogP contribution in [0.5, 0.6) is 0 Å². The molecule has 3 heterocycles. The van der Waals surface area contributed by atoms with Gasteiger partial charge in [-0.05, 0) is 25.2 Å². The number of nitrogens with one attached hydrogen (secondary N) is 1. The molecule has 1 aliphatic heterocycles. The number of anilines is 1. The van der Waals surface area contributed by atoms with E-state index in [0.29, 0.717) is 17.1 Å². The molecular weight excluding hydrogens is 350 g/mol. The maximum atomic E-state index is 11.9. The van der Waals surface area contributed by atoms with Gasteiger partial charge >= 0.3 is 0 Å². The molecule has 0 atom stereocenters. The number of benzene rings is 2. The molecule has 0 spiro atoms. The lowest BCUT2D eigenvalue weighted by Crippen LogP contribution is -2.45. The summed E-state index contributed by atoms with van der Waals surface area (Å²) < 4.78 is 0. The van der Waals surface area contributed by atoms with E-state index in [2.05, 4.69) is 27.9 Å². The third-order valence-corrected chi connectivity index (χ3v) is 5.47. The monoisotopic (exact) mass is 371 g/mol. The molecule has 0 bridgehead atoms. The van der Waals surface area contributed by atoms with Crippen LogP contribution in [0.4, 0.5) is 5.82 Å². The Bertz CT molecular complexity index is 1170. The van der Waals surface area contributed by atoms with E-state index in [0.717, 1.165) is 60.1 Å². The van der Waals surface area contributed by atoms with Crippen LogP contribution in [0.15, 0.2) is 48.5 Å². The van der Waals surface area contributed by atoms with Crippen molar-refractivity contribution in [3.8, 4) is 11.5 Å². The Morgan fingerprint density at radius 3 is 2.43 bits per heavy atom. The van der Waals surface area contributed by atoms with Gasteiger partial charge in [0.1, 0.15) is 5.82 Å². The van der Waals surface area contributed by atoms with Crippen LogP contribution in [0.3, 0.4) is 0 Å². The quantitative estimate of drug-likeness (QED) is 0.560. The van der Waals surface area contributed by atoms with Crippen molar-refractivity contribution in [1.82, 2.24) is 19.9 Å². The number of carbonyl (C=O) groups excluding carboxylic acids is 1. The molecule has 1 saturated heterocycles. The summed E-state index contributed by atoms with van der Waals surface area (Å²) >= 11 is 0. The van der Waals surface area contributed by atoms with E-state index < -0.39 is 0 Å². The largest absolute Gasteiger partial charge is 0.353 e. The number of nitrogens with zero attached hydrogens (tertiary/aromatic N) is 4. The number of H-pyrrole nitrogens is 1. The standard InChI is InChI=1S/C22H21N5O/c1-26-10-12-27(13-11-26)22-16-7-3-5-9-19(16)24-21(25-22)20-17(14-28)15-6-2-4-8-18(15)23-20/h2-9,14,23H,10-13H2,1H3. The van der Waals surface area contributed by atoms with Crippen molar-refractivity contribution < 1.29 is 4.79 Å². The molecule has 1 N–H and O–H groups in total. The van der Waals surface area contributed by atoms with Crippen molar-refractivity contribution >= 4 is 33.9 Å². The van der Waals surface area contributed by atoms with Gasteiger partial charge in [-0.15, -0.1) is 0 Å². The number of piperazine rings is 1. The van der Waals surface area contributed by atoms with E-state index in [4.69, 9.17) is 9.97 Å². The normalized spacial score (nSPS) is 15.4. The first-order valence-corrected chi connectivity index (χ1v) is 9.51. The number of likely N-dealkylation sites (N-methyl/N-ethyl adjacent to an activating group) is 1. The summed E-state index contributed by atoms with van der Waals surface area (Å²) in [5, 5.41) is 1.94. The topological polar surface area (TPSA) is 65.1 Å². The molecule has 5 rings (SSSR count). The molecule has 1 aliphatic rings. The van der Waals surface area contributed by atoms with Gasteiger partial charge < -0.3 is 14.8 Å². The number of para-hydroxylation sites is 2. The van der Waals surface area contributed by atoms with Gasteiger partial charge in [0.15, 0.2) is 12.1 Å². The summed E-state index contributed by atoms with van der Waals surface area (Å²) in [6.45, 7) is 3.84. The smallest absolute Gasteiger partial charge is 0.179 e. The molecule has 0 amide bonds. The van der Waals surface area contributed by atoms with E-state index in [1.54, 1.807) is 0 Å². The molecule has 2 aromatic carbocycles. The number of hydrogen-bond acceptors (Lipinski definition) is 5. The minimum Gasteiger partial charge on any atom is -0.353 e. The second-order valence-corrected chi connectivity index (χ2v) is 7.26. The number of carbonyl (C=O) groups is 1. The van der Waals surface area contributed by atoms with E-state index in [1.165, 1.54) is 0 Å². The van der Waals surface area contributed by atoms with Crippen molar-refractivity contribution in [3.05, 3.63) is 54.1 Å². The molecule has 0 aliphatic carbocycles. The van der Waals surface area contributed by atoms with Gasteiger partial charge in [0.2, 0.25) is 0 Å². The van der Waals surface area contributed by atoms with Crippen LogP contribution in [-0.2, 0) is 0 Å². The van der Waals surface area contributed by atoms with E-state index in [9.17, 15) is 4.79 Å². The zero-order valence-corrected chi connectivity index (χ0v) is 15.7. The third-order valence-electron chi connectivity index (χ3n) is 5.47. The minimum absolute atomic E-state index is 0.561. The Hall–Kier alpha value is -3.25. The van der Waals surface area contributed by atoms with Crippen molar-refractivity contribution in [3.63, 3.8) is 0 Å². The molecule has 6 nitrogen and oxygen atoms in total. The highest BCUT2D eigenvalue weighted by Crippen LogP contribution is 2.31. The zero-order chi connectivity index (χ0) is 19.1. The summed E-state index contributed by atoms with van der Waals surface area (Å²) in [6, 6.07) is 15.9. The van der Waals surface area contributed by atoms with Crippen LogP contribution in [0, 0.1) is 0 Å². The number of fused-ring (bicyclic) bond motifs is 2. The lowest BCUT2D eigenvalue weighted by atomic mass is 10.1. The fourth-order valence-electron chi connectivity index (χ4n) is 3.89. The first-order chi connectivity index (χ1) is 13.7. The van der Waals surface area contributed by atoms with Crippen LogP contribution in [0.1, 0.15) is 10.4 Å². The number of aldehydes is 1. The average molecular weight is 371 g/mol. The molecule has 0 radical (unpaired) electrons. The highest BCUT2D eigenvalue weighted by molar-refractivity contribution is 6.04. The fourth-order valence-corrected chi connectivity index (χ4v) is 3.89. The Balaban J connectivity index is 1.72. The van der Waals surface area contributed by atoms with Crippen LogP contribution >= 0.6 is 0 Å². The fraction of sp³-hybridized carbons (Fsp3) is 0.227. The highest BCUT2D eigenvalue weighted by atomic mass is 16.1. The first-order valence-electron chi connectivity index (χ1n) is 9.51. The lowest BCUT2D eigenvalue weighted by molar-refractivity contribution is 0.112. The van der Waals surface area contributed by atoms with Gasteiger partial charge in [-0.25, -0.2) is 9.97 Å². The Labute approximate surface area is 162 Å². The first kappa shape index (κ1) is 16.9. The molecule has 140 valence electrons. The predicted octanol–water partition coefficient (Wildman–Crippen LogP) is 3.34. The van der Waals surface area contributed by atoms with Crippen LogP contribution in [0.25, 0.3) is 33.3 Å². The van der Waals surface area contributed by atoms with E-state index in [-0.39, 0.29) is 0 Å². The molecular formula is C22H21N5O. The summed E-state index contributed by atoms with van der Waals surface area (Å²) in [6.07, 6.45) is 0.891. The predicted molar refractivity (Wildman–Crippen MR) is 112 cm³/mol. The number of hydrogen-bond donors (Lipinski definition) is 1. The zero-order valence-electron chi connectivity index (χ0n) is 15.7. The second kappa shape index (κ2) is 6.73. The van der Waals surface area contributed by atoms with E-state index in [1.807, 2.05) is 42.5 Å². The Morgan fingerprint density at radius 1 is 0.929 bits per heavy atom. The van der Waals surface area contributed by atoms with Crippen molar-refractivity contribution in [2.45, 2.75) is 0 Å². The summed E-state index contributed by atoms with van der Waals surface area (Å²) in [5.74, 6) is 1.50. The third kappa shape index (κ3) is 2.73. The van der Waals surface area contributed by atoms with Crippen molar-refractivity contribution in [2.75, 3.05) is 38.1 Å². The Kier molecular flexibility index (Phi) is 4.06. The number of rotatable bonds is 3. The Morgan fingerprint density at radius 2 is 1.64 bits per heavy atom. The lowest BCUT2D eigenvalue weighted by Gasteiger charge is -2.33. The molecule has 6 heteroatoms. The summed E-state index contributed by atoms with van der Waals surface area (Å²) in [5.41, 5.74) is 3.09. The molecule has 28 heavy (non-hydrogen) atoms. The molecule has 1 fully saturated rings. The van der Waals surface area contributed by atoms with Gasteiger partial charge in [0, 0.05) is 42.5 Å². The van der Waals surface area contributed by atoms with Crippen molar-refractivity contribution in [1.29, 1.82) is 0 Å². The van der Waals surface area contributed by atoms with Gasteiger partial charge in [-0.1, -0.05) is 30.3 Å². The van der Waals surface area contributed by atoms with Gasteiger partial charge in [0.25, 0.3) is 0 Å². The van der Waals surface area contributed by atoms with Gasteiger partial charge in [-0.2, -0.15) is 0 Å². The molecule has 0 unspecified atom stereocenters. The molecule has 2 aromatic heterocycles. The maximum absolute atomic E-state index is 11.9. The van der Waals surface area contributed by atoms with Crippen LogP contribution in [0.2, 0.25) is 0 Å².